The van der Waals surface area contributed by atoms with Gasteiger partial charge in [0.1, 0.15) is 0 Å². The normalized spacial score (nSPS) is 19.4. The first-order valence-electron chi connectivity index (χ1n) is 7.57. The predicted octanol–water partition coefficient (Wildman–Crippen LogP) is 2.72. The van der Waals surface area contributed by atoms with Crippen LogP contribution in [0.5, 0.6) is 0 Å². The summed E-state index contributed by atoms with van der Waals surface area (Å²) in [6.45, 7) is 5.79. The van der Waals surface area contributed by atoms with Crippen LogP contribution in [-0.2, 0) is 0 Å². The fourth-order valence-corrected chi connectivity index (χ4v) is 3.06. The van der Waals surface area contributed by atoms with Crippen LogP contribution in [0.2, 0.25) is 0 Å². The number of carbonyl (C=O) groups excluding carboxylic acids is 1. The second-order valence-corrected chi connectivity index (χ2v) is 5.87. The summed E-state index contributed by atoms with van der Waals surface area (Å²) in [7, 11) is 0. The number of benzene rings is 1. The third-order valence-electron chi connectivity index (χ3n) is 4.23. The Kier molecular flexibility index (Phi) is 5.32. The number of ketones is 1. The van der Waals surface area contributed by atoms with Crippen molar-refractivity contribution < 1.29 is 9.90 Å². The number of aliphatic hydroxyl groups excluding tert-OH is 1. The minimum absolute atomic E-state index is 0.224. The van der Waals surface area contributed by atoms with Crippen molar-refractivity contribution in [2.45, 2.75) is 45.6 Å². The molecule has 1 unspecified atom stereocenters. The summed E-state index contributed by atoms with van der Waals surface area (Å²) in [4.78, 5) is 14.8. The zero-order valence-electron chi connectivity index (χ0n) is 12.6. The van der Waals surface area contributed by atoms with Gasteiger partial charge in [-0.05, 0) is 57.7 Å². The third kappa shape index (κ3) is 3.68. The van der Waals surface area contributed by atoms with E-state index >= 15 is 0 Å². The first kappa shape index (κ1) is 15.2. The molecule has 0 spiro atoms. The number of aliphatic hydroxyl groups is 1. The highest BCUT2D eigenvalue weighted by atomic mass is 16.2. The van der Waals surface area contributed by atoms with Gasteiger partial charge in [-0.2, -0.15) is 0 Å². The molecule has 3 heteroatoms. The Labute approximate surface area is 121 Å². The molecule has 3 nitrogen and oxygen atoms in total. The van der Waals surface area contributed by atoms with Gasteiger partial charge in [0.2, 0.25) is 0 Å². The van der Waals surface area contributed by atoms with E-state index in [0.29, 0.717) is 12.6 Å². The Balaban J connectivity index is 2.01. The van der Waals surface area contributed by atoms with Crippen LogP contribution in [0.25, 0.3) is 0 Å². The van der Waals surface area contributed by atoms with Crippen LogP contribution in [-0.4, -0.2) is 41.5 Å². The maximum absolute atomic E-state index is 12.5. The van der Waals surface area contributed by atoms with Gasteiger partial charge in [0, 0.05) is 18.2 Å². The molecule has 0 aromatic heterocycles. The van der Waals surface area contributed by atoms with Crippen molar-refractivity contribution in [3.63, 3.8) is 0 Å². The molecule has 1 aliphatic rings. The van der Waals surface area contributed by atoms with E-state index in [1.807, 2.05) is 32.0 Å². The summed E-state index contributed by atoms with van der Waals surface area (Å²) >= 11 is 0. The highest BCUT2D eigenvalue weighted by Gasteiger charge is 2.26. The van der Waals surface area contributed by atoms with E-state index in [0.717, 1.165) is 48.9 Å². The lowest BCUT2D eigenvalue weighted by Crippen LogP contribution is -2.34. The van der Waals surface area contributed by atoms with Crippen LogP contribution in [0.15, 0.2) is 18.2 Å². The Morgan fingerprint density at radius 1 is 1.40 bits per heavy atom. The number of nitrogens with zero attached hydrogens (tertiary/aromatic N) is 1. The van der Waals surface area contributed by atoms with Crippen molar-refractivity contribution in [1.29, 1.82) is 0 Å². The quantitative estimate of drug-likeness (QED) is 0.812. The molecule has 1 heterocycles. The standard InChI is InChI=1S/C17H25NO2/c1-13-7-8-14(2)16(11-13)17(20)12-18-9-3-5-15(18)6-4-10-19/h7-8,11,15,19H,3-6,9-10,12H2,1-2H3. The topological polar surface area (TPSA) is 40.5 Å². The van der Waals surface area contributed by atoms with Crippen molar-refractivity contribution in [2.75, 3.05) is 19.7 Å². The molecule has 0 aliphatic carbocycles. The summed E-state index contributed by atoms with van der Waals surface area (Å²) in [5.74, 6) is 0.224. The lowest BCUT2D eigenvalue weighted by Gasteiger charge is -2.23. The molecular weight excluding hydrogens is 250 g/mol. The molecule has 0 bridgehead atoms. The van der Waals surface area contributed by atoms with Crippen LogP contribution >= 0.6 is 0 Å². The van der Waals surface area contributed by atoms with Crippen molar-refractivity contribution in [3.8, 4) is 0 Å². The number of likely N-dealkylation sites (tertiary alicyclic amines) is 1. The average Bonchev–Trinajstić information content (AvgIpc) is 2.86. The summed E-state index contributed by atoms with van der Waals surface area (Å²) < 4.78 is 0. The Bertz CT molecular complexity index is 470. The number of hydrogen-bond donors (Lipinski definition) is 1. The first-order chi connectivity index (χ1) is 9.61. The minimum atomic E-state index is 0.224. The van der Waals surface area contributed by atoms with Gasteiger partial charge in [-0.15, -0.1) is 0 Å². The minimum Gasteiger partial charge on any atom is -0.396 e. The average molecular weight is 275 g/mol. The van der Waals surface area contributed by atoms with Crippen molar-refractivity contribution in [1.82, 2.24) is 4.90 Å². The molecule has 1 aromatic carbocycles. The highest BCUT2D eigenvalue weighted by Crippen LogP contribution is 2.22. The first-order valence-corrected chi connectivity index (χ1v) is 7.57. The number of aryl methyl sites for hydroxylation is 2. The van der Waals surface area contributed by atoms with Crippen LogP contribution in [0.3, 0.4) is 0 Å². The zero-order chi connectivity index (χ0) is 14.5. The summed E-state index contributed by atoms with van der Waals surface area (Å²) in [5.41, 5.74) is 3.06. The molecule has 20 heavy (non-hydrogen) atoms. The Morgan fingerprint density at radius 2 is 2.20 bits per heavy atom. The SMILES string of the molecule is Cc1ccc(C)c(C(=O)CN2CCCC2CCCO)c1. The van der Waals surface area contributed by atoms with Gasteiger partial charge < -0.3 is 5.11 Å². The monoisotopic (exact) mass is 275 g/mol. The van der Waals surface area contributed by atoms with E-state index in [1.54, 1.807) is 0 Å². The number of rotatable bonds is 6. The number of Topliss-reactive ketones (excluding diaryl/α,β-unsaturated/α-hetero) is 1. The molecule has 0 saturated carbocycles. The maximum Gasteiger partial charge on any atom is 0.177 e. The second kappa shape index (κ2) is 7.00. The molecule has 1 atom stereocenters. The lowest BCUT2D eigenvalue weighted by molar-refractivity contribution is 0.0915. The third-order valence-corrected chi connectivity index (χ3v) is 4.23. The molecule has 1 saturated heterocycles. The molecular formula is C17H25NO2. The smallest absolute Gasteiger partial charge is 0.177 e. The fraction of sp³-hybridized carbons (Fsp3) is 0.588. The Hall–Kier alpha value is -1.19. The number of carbonyl (C=O) groups is 1. The van der Waals surface area contributed by atoms with Gasteiger partial charge >= 0.3 is 0 Å². The molecule has 0 radical (unpaired) electrons. The molecule has 1 N–H and O–H groups in total. The predicted molar refractivity (Wildman–Crippen MR) is 81.2 cm³/mol. The highest BCUT2D eigenvalue weighted by molar-refractivity contribution is 5.99. The molecule has 110 valence electrons. The van der Waals surface area contributed by atoms with Crippen molar-refractivity contribution in [3.05, 3.63) is 34.9 Å². The van der Waals surface area contributed by atoms with Gasteiger partial charge in [0.15, 0.2) is 5.78 Å². The molecule has 0 amide bonds. The summed E-state index contributed by atoms with van der Waals surface area (Å²) in [6, 6.07) is 6.54. The Morgan fingerprint density at radius 3 is 2.95 bits per heavy atom. The van der Waals surface area contributed by atoms with Gasteiger partial charge in [0.25, 0.3) is 0 Å². The van der Waals surface area contributed by atoms with Gasteiger partial charge in [0.05, 0.1) is 6.54 Å². The van der Waals surface area contributed by atoms with Crippen molar-refractivity contribution in [2.24, 2.45) is 0 Å². The fourth-order valence-electron chi connectivity index (χ4n) is 3.06. The van der Waals surface area contributed by atoms with Crippen LogP contribution in [0, 0.1) is 13.8 Å². The van der Waals surface area contributed by atoms with Crippen LogP contribution < -0.4 is 0 Å². The molecule has 1 fully saturated rings. The second-order valence-electron chi connectivity index (χ2n) is 5.87. The number of hydrogen-bond acceptors (Lipinski definition) is 3. The summed E-state index contributed by atoms with van der Waals surface area (Å²) in [6.07, 6.45) is 4.14. The lowest BCUT2D eigenvalue weighted by atomic mass is 10.0. The van der Waals surface area contributed by atoms with E-state index < -0.39 is 0 Å². The van der Waals surface area contributed by atoms with E-state index in [1.165, 1.54) is 0 Å². The van der Waals surface area contributed by atoms with Gasteiger partial charge in [-0.3, -0.25) is 9.69 Å². The zero-order valence-corrected chi connectivity index (χ0v) is 12.6. The summed E-state index contributed by atoms with van der Waals surface area (Å²) in [5, 5.41) is 8.95. The van der Waals surface area contributed by atoms with E-state index in [4.69, 9.17) is 5.11 Å². The van der Waals surface area contributed by atoms with Crippen molar-refractivity contribution >= 4 is 5.78 Å². The van der Waals surface area contributed by atoms with Gasteiger partial charge in [-0.25, -0.2) is 0 Å². The molecule has 2 rings (SSSR count). The van der Waals surface area contributed by atoms with Crippen LogP contribution in [0.1, 0.15) is 47.2 Å². The van der Waals surface area contributed by atoms with E-state index in [-0.39, 0.29) is 12.4 Å². The van der Waals surface area contributed by atoms with Gasteiger partial charge in [-0.1, -0.05) is 17.7 Å². The van der Waals surface area contributed by atoms with E-state index in [9.17, 15) is 4.79 Å². The van der Waals surface area contributed by atoms with E-state index in [2.05, 4.69) is 4.90 Å². The molecule has 1 aliphatic heterocycles. The molecule has 1 aromatic rings. The van der Waals surface area contributed by atoms with Crippen LogP contribution in [0.4, 0.5) is 0 Å². The maximum atomic E-state index is 12.5. The largest absolute Gasteiger partial charge is 0.396 e.